The van der Waals surface area contributed by atoms with Crippen molar-refractivity contribution in [1.29, 1.82) is 5.41 Å². The third-order valence-corrected chi connectivity index (χ3v) is 12.1. The molecule has 16 nitrogen and oxygen atoms in total. The smallest absolute Gasteiger partial charge is 0.416 e. The summed E-state index contributed by atoms with van der Waals surface area (Å²) in [6, 6.07) is 12.2. The van der Waals surface area contributed by atoms with Gasteiger partial charge < -0.3 is 36.0 Å². The van der Waals surface area contributed by atoms with Crippen molar-refractivity contribution in [3.05, 3.63) is 82.5 Å². The minimum Gasteiger partial charge on any atom is -0.494 e. The number of nitrogens with two attached hydrogens (primary N) is 1. The van der Waals surface area contributed by atoms with Gasteiger partial charge in [0, 0.05) is 44.0 Å². The van der Waals surface area contributed by atoms with E-state index in [0.29, 0.717) is 60.2 Å². The lowest BCUT2D eigenvalue weighted by atomic mass is 9.98. The molecule has 3 atom stereocenters. The highest BCUT2D eigenvalue weighted by Crippen LogP contribution is 2.51. The van der Waals surface area contributed by atoms with Crippen molar-refractivity contribution in [2.75, 3.05) is 44.8 Å². The second kappa shape index (κ2) is 23.2. The molecule has 1 unspecified atom stereocenters. The topological polar surface area (TPSA) is 232 Å². The first-order chi connectivity index (χ1) is 29.5. The van der Waals surface area contributed by atoms with Gasteiger partial charge in [-0.25, -0.2) is 18.2 Å². The fraction of sp³-hybridized carbons (Fsp3) is 0.511. The van der Waals surface area contributed by atoms with Crippen LogP contribution in [0.3, 0.4) is 0 Å². The Morgan fingerprint density at radius 2 is 1.74 bits per heavy atom. The molecule has 1 aromatic heterocycles. The molecule has 1 fully saturated rings. The first kappa shape index (κ1) is 49.3. The number of sulfonamides is 1. The van der Waals surface area contributed by atoms with E-state index in [2.05, 4.69) is 20.3 Å². The standard InChI is InChI=1S/C45H63N7O9S/c1-30-24-35(60-23-13-16-40(53)49-21-11-9-19-46)25-31(2)41(30)62(57,58)51-38(43(55)59-6)29-50-42(54)33-17-18-36(34(26-33)28-47)37-27-32(37)14-8-12-22-52(39-15-7-10-20-48-39)44(56)61-45(3,4)5/h7,10,15,17-18,20,24-26,28,32,37-38,47,51H,8-9,11-14,16,19,21-23,27,29,46H2,1-6H3,(H,49,53)(H,50,54)/t32-,37?,38+/m1/s1. The molecule has 1 aliphatic rings. The van der Waals surface area contributed by atoms with Crippen LogP contribution in [0.2, 0.25) is 0 Å². The summed E-state index contributed by atoms with van der Waals surface area (Å²) in [5.74, 6) is 0.0658. The number of unbranched alkanes of at least 4 members (excludes halogenated alkanes) is 2. The van der Waals surface area contributed by atoms with E-state index < -0.39 is 46.2 Å². The number of nitrogens with zero attached hydrogens (tertiary/aromatic N) is 2. The molecule has 0 bridgehead atoms. The van der Waals surface area contributed by atoms with Crippen LogP contribution in [-0.4, -0.2) is 95.0 Å². The summed E-state index contributed by atoms with van der Waals surface area (Å²) in [4.78, 5) is 57.0. The fourth-order valence-corrected chi connectivity index (χ4v) is 8.85. The predicted molar refractivity (Wildman–Crippen MR) is 237 cm³/mol. The van der Waals surface area contributed by atoms with Crippen LogP contribution in [-0.2, 0) is 29.1 Å². The van der Waals surface area contributed by atoms with Gasteiger partial charge in [0.1, 0.15) is 23.2 Å². The van der Waals surface area contributed by atoms with E-state index in [1.807, 2.05) is 32.9 Å². The highest BCUT2D eigenvalue weighted by molar-refractivity contribution is 7.89. The normalized spacial score (nSPS) is 15.2. The molecule has 17 heteroatoms. The predicted octanol–water partition coefficient (Wildman–Crippen LogP) is 5.68. The van der Waals surface area contributed by atoms with E-state index in [-0.39, 0.29) is 35.3 Å². The minimum atomic E-state index is -4.29. The third-order valence-electron chi connectivity index (χ3n) is 10.3. The van der Waals surface area contributed by atoms with E-state index in [1.165, 1.54) is 6.21 Å². The zero-order valence-corrected chi connectivity index (χ0v) is 37.6. The molecule has 1 heterocycles. The molecule has 3 amide bonds. The van der Waals surface area contributed by atoms with Crippen molar-refractivity contribution >= 4 is 45.9 Å². The van der Waals surface area contributed by atoms with Crippen molar-refractivity contribution in [2.45, 2.75) is 108 Å². The Labute approximate surface area is 365 Å². The number of carbonyl (C=O) groups is 4. The Morgan fingerprint density at radius 3 is 2.39 bits per heavy atom. The van der Waals surface area contributed by atoms with Gasteiger partial charge in [-0.2, -0.15) is 4.72 Å². The summed E-state index contributed by atoms with van der Waals surface area (Å²) in [6.45, 7) is 10.2. The Bertz CT molecular complexity index is 2100. The molecule has 338 valence electrons. The zero-order valence-electron chi connectivity index (χ0n) is 36.8. The van der Waals surface area contributed by atoms with Gasteiger partial charge in [-0.05, 0) is 150 Å². The van der Waals surface area contributed by atoms with E-state index in [4.69, 9.17) is 25.4 Å². The highest BCUT2D eigenvalue weighted by Gasteiger charge is 2.39. The number of pyridine rings is 1. The van der Waals surface area contributed by atoms with Gasteiger partial charge in [0.05, 0.1) is 18.6 Å². The van der Waals surface area contributed by atoms with Crippen molar-refractivity contribution in [3.8, 4) is 5.75 Å². The van der Waals surface area contributed by atoms with Crippen LogP contribution in [0.5, 0.6) is 5.75 Å². The number of ether oxygens (including phenoxy) is 3. The van der Waals surface area contributed by atoms with Crippen molar-refractivity contribution in [2.24, 2.45) is 11.7 Å². The quantitative estimate of drug-likeness (QED) is 0.0418. The van der Waals surface area contributed by atoms with E-state index in [1.54, 1.807) is 61.3 Å². The van der Waals surface area contributed by atoms with Crippen LogP contribution < -0.4 is 30.7 Å². The summed E-state index contributed by atoms with van der Waals surface area (Å²) >= 11 is 0. The third kappa shape index (κ3) is 14.9. The lowest BCUT2D eigenvalue weighted by Crippen LogP contribution is -2.49. The summed E-state index contributed by atoms with van der Waals surface area (Å²) in [6.07, 6.45) is 8.31. The number of hydrogen-bond acceptors (Lipinski definition) is 12. The van der Waals surface area contributed by atoms with Gasteiger partial charge >= 0.3 is 12.1 Å². The average Bonchev–Trinajstić information content (AvgIpc) is 4.00. The highest BCUT2D eigenvalue weighted by atomic mass is 32.2. The van der Waals surface area contributed by atoms with Crippen molar-refractivity contribution < 1.29 is 41.8 Å². The maximum absolute atomic E-state index is 13.7. The number of amides is 3. The van der Waals surface area contributed by atoms with Crippen molar-refractivity contribution in [3.63, 3.8) is 0 Å². The molecule has 2 aromatic carbocycles. The van der Waals surface area contributed by atoms with Gasteiger partial charge in [0.25, 0.3) is 5.91 Å². The number of benzene rings is 2. The molecule has 4 rings (SSSR count). The molecule has 62 heavy (non-hydrogen) atoms. The summed E-state index contributed by atoms with van der Waals surface area (Å²) < 4.78 is 46.1. The van der Waals surface area contributed by atoms with Crippen LogP contribution in [0.15, 0.2) is 59.6 Å². The molecule has 0 spiro atoms. The monoisotopic (exact) mass is 877 g/mol. The molecular weight excluding hydrogens is 815 g/mol. The Kier molecular flexibility index (Phi) is 18.4. The molecular formula is C45H63N7O9S. The van der Waals surface area contributed by atoms with Crippen LogP contribution in [0.25, 0.3) is 0 Å². The lowest BCUT2D eigenvalue weighted by Gasteiger charge is -2.26. The molecule has 0 saturated heterocycles. The molecule has 1 aliphatic carbocycles. The number of rotatable bonds is 24. The largest absolute Gasteiger partial charge is 0.494 e. The lowest BCUT2D eigenvalue weighted by molar-refractivity contribution is -0.142. The first-order valence-electron chi connectivity index (χ1n) is 21.1. The Morgan fingerprint density at radius 1 is 1.00 bits per heavy atom. The van der Waals surface area contributed by atoms with Crippen molar-refractivity contribution in [1.82, 2.24) is 20.3 Å². The Balaban J connectivity index is 1.30. The van der Waals surface area contributed by atoms with Gasteiger partial charge in [0.15, 0.2) is 0 Å². The van der Waals surface area contributed by atoms with E-state index in [9.17, 15) is 27.6 Å². The van der Waals surface area contributed by atoms with Crippen LogP contribution in [0, 0.1) is 25.2 Å². The molecule has 3 aromatic rings. The maximum Gasteiger partial charge on any atom is 0.416 e. The fourth-order valence-electron chi connectivity index (χ4n) is 7.22. The number of esters is 1. The summed E-state index contributed by atoms with van der Waals surface area (Å²) in [5, 5.41) is 13.6. The number of aromatic nitrogens is 1. The second-order valence-electron chi connectivity index (χ2n) is 16.5. The SMILES string of the molecule is COC(=O)[C@H](CNC(=O)c1ccc(C2C[C@H]2CCCCN(C(=O)OC(C)(C)C)c2ccccn2)c(C=N)c1)NS(=O)(=O)c1c(C)cc(OCCCC(=O)NCCCCN)cc1C. The van der Waals surface area contributed by atoms with Gasteiger partial charge in [-0.3, -0.25) is 19.3 Å². The zero-order chi connectivity index (χ0) is 45.5. The number of nitrogens with one attached hydrogen (secondary N) is 4. The van der Waals surface area contributed by atoms with Crippen LogP contribution in [0.4, 0.5) is 10.6 Å². The van der Waals surface area contributed by atoms with Crippen LogP contribution >= 0.6 is 0 Å². The van der Waals surface area contributed by atoms with E-state index in [0.717, 1.165) is 51.2 Å². The van der Waals surface area contributed by atoms with Gasteiger partial charge in [-0.1, -0.05) is 18.6 Å². The number of aryl methyl sites for hydroxylation is 2. The second-order valence-corrected chi connectivity index (χ2v) is 18.1. The number of hydrogen-bond donors (Lipinski definition) is 5. The molecule has 1 saturated carbocycles. The number of anilines is 1. The minimum absolute atomic E-state index is 0.0428. The molecule has 6 N–H and O–H groups in total. The van der Waals surface area contributed by atoms with Gasteiger partial charge in [-0.15, -0.1) is 0 Å². The average molecular weight is 878 g/mol. The first-order valence-corrected chi connectivity index (χ1v) is 22.6. The molecule has 0 radical (unpaired) electrons. The van der Waals surface area contributed by atoms with E-state index >= 15 is 0 Å². The number of carbonyl (C=O) groups excluding carboxylic acids is 4. The van der Waals surface area contributed by atoms with Gasteiger partial charge in [0.2, 0.25) is 15.9 Å². The molecule has 0 aliphatic heterocycles. The summed E-state index contributed by atoms with van der Waals surface area (Å²) in [7, 11) is -3.16. The number of methoxy groups -OCH3 is 1. The Hall–Kier alpha value is -5.39. The summed E-state index contributed by atoms with van der Waals surface area (Å²) in [5.41, 5.74) is 7.40. The van der Waals surface area contributed by atoms with Crippen LogP contribution in [0.1, 0.15) is 111 Å². The maximum atomic E-state index is 13.7.